The molecule has 110 valence electrons. The van der Waals surface area contributed by atoms with Crippen molar-refractivity contribution in [1.82, 2.24) is 5.32 Å². The molecule has 0 radical (unpaired) electrons. The number of anilines is 1. The van der Waals surface area contributed by atoms with Gasteiger partial charge in [0, 0.05) is 12.1 Å². The van der Waals surface area contributed by atoms with E-state index in [9.17, 15) is 9.59 Å². The molecule has 0 unspecified atom stereocenters. The van der Waals surface area contributed by atoms with Crippen molar-refractivity contribution in [2.24, 2.45) is 0 Å². The van der Waals surface area contributed by atoms with Gasteiger partial charge in [-0.2, -0.15) is 11.8 Å². The molecule has 0 aliphatic rings. The van der Waals surface area contributed by atoms with Crippen LogP contribution < -0.4 is 11.1 Å². The number of rotatable bonds is 8. The number of amides is 1. The van der Waals surface area contributed by atoms with E-state index in [2.05, 4.69) is 5.32 Å². The molecule has 1 rings (SSSR count). The number of hydrogen-bond acceptors (Lipinski definition) is 4. The van der Waals surface area contributed by atoms with Crippen molar-refractivity contribution in [2.45, 2.75) is 25.3 Å². The monoisotopic (exact) mass is 296 g/mol. The minimum atomic E-state index is -0.986. The molecule has 1 amide bonds. The van der Waals surface area contributed by atoms with E-state index in [-0.39, 0.29) is 12.3 Å². The molecule has 5 nitrogen and oxygen atoms in total. The standard InChI is InChI=1S/C14H20N2O3S/c1-20-9-8-12(14(18)19)16-13(17)7-4-10-2-5-11(15)6-3-10/h2-3,5-6,12H,4,7-9,15H2,1H3,(H,16,17)(H,18,19)/t12-/m0/s1. The summed E-state index contributed by atoms with van der Waals surface area (Å²) in [6.07, 6.45) is 3.18. The molecular weight excluding hydrogens is 276 g/mol. The number of carboxylic acids is 1. The number of nitrogens with two attached hydrogens (primary N) is 1. The summed E-state index contributed by atoms with van der Waals surface area (Å²) in [5, 5.41) is 11.6. The van der Waals surface area contributed by atoms with E-state index in [1.54, 1.807) is 23.9 Å². The van der Waals surface area contributed by atoms with Gasteiger partial charge in [0.25, 0.3) is 0 Å². The Balaban J connectivity index is 2.41. The zero-order valence-electron chi connectivity index (χ0n) is 11.5. The third-order valence-electron chi connectivity index (χ3n) is 2.86. The van der Waals surface area contributed by atoms with Gasteiger partial charge in [-0.15, -0.1) is 0 Å². The highest BCUT2D eigenvalue weighted by molar-refractivity contribution is 7.98. The lowest BCUT2D eigenvalue weighted by molar-refractivity contribution is -0.141. The zero-order chi connectivity index (χ0) is 15.0. The Morgan fingerprint density at radius 3 is 2.55 bits per heavy atom. The molecule has 1 atom stereocenters. The number of aliphatic carboxylic acids is 1. The fourth-order valence-electron chi connectivity index (χ4n) is 1.70. The summed E-state index contributed by atoms with van der Waals surface area (Å²) in [7, 11) is 0. The summed E-state index contributed by atoms with van der Waals surface area (Å²) in [4.78, 5) is 22.8. The summed E-state index contributed by atoms with van der Waals surface area (Å²) in [5.74, 6) is -0.523. The lowest BCUT2D eigenvalue weighted by Crippen LogP contribution is -2.41. The molecule has 4 N–H and O–H groups in total. The van der Waals surface area contributed by atoms with Crippen LogP contribution in [0.25, 0.3) is 0 Å². The predicted octanol–water partition coefficient (Wildman–Crippen LogP) is 1.52. The Morgan fingerprint density at radius 1 is 1.35 bits per heavy atom. The van der Waals surface area contributed by atoms with Gasteiger partial charge >= 0.3 is 5.97 Å². The van der Waals surface area contributed by atoms with E-state index in [4.69, 9.17) is 10.8 Å². The van der Waals surface area contributed by atoms with E-state index in [0.717, 1.165) is 5.56 Å². The number of thioether (sulfide) groups is 1. The number of nitrogen functional groups attached to an aromatic ring is 1. The van der Waals surface area contributed by atoms with Crippen molar-refractivity contribution in [3.05, 3.63) is 29.8 Å². The van der Waals surface area contributed by atoms with Crippen LogP contribution in [0.1, 0.15) is 18.4 Å². The van der Waals surface area contributed by atoms with Gasteiger partial charge in [0.2, 0.25) is 5.91 Å². The van der Waals surface area contributed by atoms with Crippen LogP contribution in [0.4, 0.5) is 5.69 Å². The molecule has 0 aliphatic heterocycles. The fraction of sp³-hybridized carbons (Fsp3) is 0.429. The largest absolute Gasteiger partial charge is 0.480 e. The topological polar surface area (TPSA) is 92.4 Å². The second-order valence-electron chi connectivity index (χ2n) is 4.48. The Hall–Kier alpha value is -1.69. The van der Waals surface area contributed by atoms with Crippen LogP contribution in [0.15, 0.2) is 24.3 Å². The highest BCUT2D eigenvalue weighted by Gasteiger charge is 2.18. The van der Waals surface area contributed by atoms with Crippen LogP contribution in [0, 0.1) is 0 Å². The average molecular weight is 296 g/mol. The minimum absolute atomic E-state index is 0.240. The number of nitrogens with one attached hydrogen (secondary N) is 1. The molecule has 0 spiro atoms. The summed E-state index contributed by atoms with van der Waals surface area (Å²) < 4.78 is 0. The van der Waals surface area contributed by atoms with E-state index in [1.165, 1.54) is 0 Å². The van der Waals surface area contributed by atoms with Crippen molar-refractivity contribution in [2.75, 3.05) is 17.7 Å². The number of aryl methyl sites for hydroxylation is 1. The number of benzene rings is 1. The molecule has 20 heavy (non-hydrogen) atoms. The van der Waals surface area contributed by atoms with Crippen LogP contribution in [-0.4, -0.2) is 35.0 Å². The molecule has 0 aromatic heterocycles. The molecule has 0 aliphatic carbocycles. The Bertz CT molecular complexity index is 448. The molecule has 0 heterocycles. The maximum atomic E-state index is 11.8. The van der Waals surface area contributed by atoms with Gasteiger partial charge in [0.05, 0.1) is 0 Å². The first-order chi connectivity index (χ1) is 9.52. The first-order valence-corrected chi connectivity index (χ1v) is 7.78. The van der Waals surface area contributed by atoms with Crippen molar-refractivity contribution >= 4 is 29.3 Å². The van der Waals surface area contributed by atoms with Crippen LogP contribution in [-0.2, 0) is 16.0 Å². The maximum Gasteiger partial charge on any atom is 0.326 e. The van der Waals surface area contributed by atoms with Gasteiger partial charge in [-0.1, -0.05) is 12.1 Å². The second-order valence-corrected chi connectivity index (χ2v) is 5.47. The molecule has 6 heteroatoms. The van der Waals surface area contributed by atoms with Crippen LogP contribution in [0.2, 0.25) is 0 Å². The maximum absolute atomic E-state index is 11.8. The summed E-state index contributed by atoms with van der Waals surface area (Å²) in [6.45, 7) is 0. The normalized spacial score (nSPS) is 11.8. The highest BCUT2D eigenvalue weighted by Crippen LogP contribution is 2.08. The first-order valence-electron chi connectivity index (χ1n) is 6.38. The van der Waals surface area contributed by atoms with Gasteiger partial charge in [0.1, 0.15) is 6.04 Å². The molecule has 1 aromatic rings. The molecule has 1 aromatic carbocycles. The number of carboxylic acid groups (broad SMARTS) is 1. The van der Waals surface area contributed by atoms with Gasteiger partial charge < -0.3 is 16.2 Å². The molecular formula is C14H20N2O3S. The van der Waals surface area contributed by atoms with E-state index in [0.29, 0.717) is 24.3 Å². The summed E-state index contributed by atoms with van der Waals surface area (Å²) in [5.41, 5.74) is 7.27. The lowest BCUT2D eigenvalue weighted by Gasteiger charge is -2.13. The Morgan fingerprint density at radius 2 is 2.00 bits per heavy atom. The van der Waals surface area contributed by atoms with Crippen LogP contribution in [0.5, 0.6) is 0 Å². The highest BCUT2D eigenvalue weighted by atomic mass is 32.2. The molecule has 0 saturated carbocycles. The summed E-state index contributed by atoms with van der Waals surface area (Å²) in [6, 6.07) is 6.49. The Labute approximate surface area is 122 Å². The van der Waals surface area contributed by atoms with Gasteiger partial charge in [0.15, 0.2) is 0 Å². The molecule has 0 saturated heterocycles. The van der Waals surface area contributed by atoms with Crippen molar-refractivity contribution < 1.29 is 14.7 Å². The lowest BCUT2D eigenvalue weighted by atomic mass is 10.1. The first kappa shape index (κ1) is 16.4. The van der Waals surface area contributed by atoms with Crippen LogP contribution >= 0.6 is 11.8 Å². The minimum Gasteiger partial charge on any atom is -0.480 e. The molecule has 0 fully saturated rings. The van der Waals surface area contributed by atoms with Gasteiger partial charge in [-0.05, 0) is 42.5 Å². The number of carbonyl (C=O) groups is 2. The van der Waals surface area contributed by atoms with E-state index >= 15 is 0 Å². The average Bonchev–Trinajstić information content (AvgIpc) is 2.42. The number of hydrogen-bond donors (Lipinski definition) is 3. The van der Waals surface area contributed by atoms with Crippen LogP contribution in [0.3, 0.4) is 0 Å². The number of carbonyl (C=O) groups excluding carboxylic acids is 1. The van der Waals surface area contributed by atoms with Crippen molar-refractivity contribution in [1.29, 1.82) is 0 Å². The summed E-state index contributed by atoms with van der Waals surface area (Å²) >= 11 is 1.56. The zero-order valence-corrected chi connectivity index (χ0v) is 12.3. The van der Waals surface area contributed by atoms with E-state index < -0.39 is 12.0 Å². The fourth-order valence-corrected chi connectivity index (χ4v) is 2.17. The second kappa shape index (κ2) is 8.47. The van der Waals surface area contributed by atoms with Crippen molar-refractivity contribution in [3.63, 3.8) is 0 Å². The van der Waals surface area contributed by atoms with Crippen molar-refractivity contribution in [3.8, 4) is 0 Å². The van der Waals surface area contributed by atoms with E-state index in [1.807, 2.05) is 18.4 Å². The smallest absolute Gasteiger partial charge is 0.326 e. The quantitative estimate of drug-likeness (QED) is 0.633. The molecule has 0 bridgehead atoms. The van der Waals surface area contributed by atoms with Gasteiger partial charge in [-0.25, -0.2) is 4.79 Å². The third-order valence-corrected chi connectivity index (χ3v) is 3.51. The predicted molar refractivity (Wildman–Crippen MR) is 81.7 cm³/mol. The SMILES string of the molecule is CSCC[C@H](NC(=O)CCc1ccc(N)cc1)C(=O)O. The Kier molecular flexibility index (Phi) is 6.93. The van der Waals surface area contributed by atoms with Gasteiger partial charge in [-0.3, -0.25) is 4.79 Å². The third kappa shape index (κ3) is 5.97.